The molecule has 7 nitrogen and oxygen atoms in total. The van der Waals surface area contributed by atoms with Crippen LogP contribution >= 0.6 is 0 Å². The summed E-state index contributed by atoms with van der Waals surface area (Å²) in [6, 6.07) is 10.7. The molecule has 150 valence electrons. The van der Waals surface area contributed by atoms with E-state index < -0.39 is 5.91 Å². The molecule has 1 heterocycles. The number of amides is 2. The first-order valence-electron chi connectivity index (χ1n) is 9.50. The van der Waals surface area contributed by atoms with Crippen molar-refractivity contribution in [3.63, 3.8) is 0 Å². The van der Waals surface area contributed by atoms with Crippen molar-refractivity contribution in [1.29, 1.82) is 0 Å². The van der Waals surface area contributed by atoms with Crippen LogP contribution in [-0.4, -0.2) is 24.1 Å². The van der Waals surface area contributed by atoms with Gasteiger partial charge in [-0.05, 0) is 54.7 Å². The SMILES string of the molecule is COc1ccc2c(CC(=O)NC3CCCc4cc(C(=O)NO)ccc43)coc2c1. The van der Waals surface area contributed by atoms with Crippen molar-refractivity contribution < 1.29 is 24.0 Å². The number of carbonyl (C=O) groups is 2. The van der Waals surface area contributed by atoms with Crippen molar-refractivity contribution >= 4 is 22.8 Å². The van der Waals surface area contributed by atoms with Crippen LogP contribution in [0.3, 0.4) is 0 Å². The number of hydroxylamine groups is 1. The highest BCUT2D eigenvalue weighted by Crippen LogP contribution is 2.31. The first-order valence-corrected chi connectivity index (χ1v) is 9.50. The topological polar surface area (TPSA) is 101 Å². The van der Waals surface area contributed by atoms with E-state index in [1.807, 2.05) is 18.2 Å². The van der Waals surface area contributed by atoms with E-state index in [1.54, 1.807) is 37.1 Å². The van der Waals surface area contributed by atoms with Gasteiger partial charge in [-0.25, -0.2) is 5.48 Å². The molecular formula is C22H22N2O5. The molecule has 29 heavy (non-hydrogen) atoms. The maximum atomic E-state index is 12.7. The fraction of sp³-hybridized carbons (Fsp3) is 0.273. The molecule has 0 saturated carbocycles. The lowest BCUT2D eigenvalue weighted by Crippen LogP contribution is -2.32. The summed E-state index contributed by atoms with van der Waals surface area (Å²) < 4.78 is 10.8. The molecule has 4 rings (SSSR count). The van der Waals surface area contributed by atoms with Crippen LogP contribution in [0.15, 0.2) is 47.1 Å². The van der Waals surface area contributed by atoms with E-state index in [9.17, 15) is 9.59 Å². The molecule has 1 atom stereocenters. The molecule has 3 aromatic rings. The summed E-state index contributed by atoms with van der Waals surface area (Å²) in [7, 11) is 1.60. The molecule has 0 fully saturated rings. The van der Waals surface area contributed by atoms with E-state index in [2.05, 4.69) is 5.32 Å². The van der Waals surface area contributed by atoms with Crippen molar-refractivity contribution in [3.05, 3.63) is 64.9 Å². The molecule has 0 spiro atoms. The third-order valence-electron chi connectivity index (χ3n) is 5.37. The van der Waals surface area contributed by atoms with Crippen LogP contribution < -0.4 is 15.5 Å². The van der Waals surface area contributed by atoms with Crippen LogP contribution in [0, 0.1) is 0 Å². The minimum atomic E-state index is -0.539. The molecule has 0 saturated heterocycles. The number of methoxy groups -OCH3 is 1. The van der Waals surface area contributed by atoms with Gasteiger partial charge < -0.3 is 14.5 Å². The van der Waals surface area contributed by atoms with Gasteiger partial charge in [-0.1, -0.05) is 6.07 Å². The zero-order valence-corrected chi connectivity index (χ0v) is 16.0. The highest BCUT2D eigenvalue weighted by atomic mass is 16.5. The zero-order chi connectivity index (χ0) is 20.4. The second-order valence-corrected chi connectivity index (χ2v) is 7.17. The number of hydrogen-bond donors (Lipinski definition) is 3. The van der Waals surface area contributed by atoms with Gasteiger partial charge in [-0.15, -0.1) is 0 Å². The minimum absolute atomic E-state index is 0.0847. The number of benzene rings is 2. The van der Waals surface area contributed by atoms with Crippen LogP contribution in [0.4, 0.5) is 0 Å². The Morgan fingerprint density at radius 3 is 2.90 bits per heavy atom. The van der Waals surface area contributed by atoms with Crippen LogP contribution in [-0.2, 0) is 17.6 Å². The van der Waals surface area contributed by atoms with Crippen LogP contribution in [0.1, 0.15) is 45.9 Å². The Balaban J connectivity index is 1.49. The molecule has 3 N–H and O–H groups in total. The van der Waals surface area contributed by atoms with Gasteiger partial charge in [0.05, 0.1) is 25.8 Å². The summed E-state index contributed by atoms with van der Waals surface area (Å²) in [5.74, 6) is 0.0804. The first kappa shape index (κ1) is 19.0. The second-order valence-electron chi connectivity index (χ2n) is 7.17. The zero-order valence-electron chi connectivity index (χ0n) is 16.0. The van der Waals surface area contributed by atoms with E-state index in [0.717, 1.165) is 41.3 Å². The van der Waals surface area contributed by atoms with Crippen molar-refractivity contribution in [3.8, 4) is 5.75 Å². The Morgan fingerprint density at radius 1 is 1.24 bits per heavy atom. The Morgan fingerprint density at radius 2 is 2.10 bits per heavy atom. The summed E-state index contributed by atoms with van der Waals surface area (Å²) >= 11 is 0. The van der Waals surface area contributed by atoms with E-state index >= 15 is 0 Å². The van der Waals surface area contributed by atoms with Gasteiger partial charge >= 0.3 is 0 Å². The quantitative estimate of drug-likeness (QED) is 0.455. The van der Waals surface area contributed by atoms with Crippen LogP contribution in [0.5, 0.6) is 5.75 Å². The molecule has 0 radical (unpaired) electrons. The molecule has 1 aliphatic carbocycles. The largest absolute Gasteiger partial charge is 0.497 e. The molecule has 7 heteroatoms. The number of fused-ring (bicyclic) bond motifs is 2. The van der Waals surface area contributed by atoms with Crippen molar-refractivity contribution in [2.24, 2.45) is 0 Å². The number of furan rings is 1. The highest BCUT2D eigenvalue weighted by molar-refractivity contribution is 5.93. The lowest BCUT2D eigenvalue weighted by molar-refractivity contribution is -0.121. The Kier molecular flexibility index (Phi) is 5.22. The number of hydrogen-bond acceptors (Lipinski definition) is 5. The van der Waals surface area contributed by atoms with Gasteiger partial charge in [0, 0.05) is 22.6 Å². The number of ether oxygens (including phenoxy) is 1. The van der Waals surface area contributed by atoms with E-state index in [0.29, 0.717) is 16.9 Å². The monoisotopic (exact) mass is 394 g/mol. The molecule has 2 amide bonds. The molecule has 1 aromatic heterocycles. The number of aryl methyl sites for hydroxylation is 1. The molecular weight excluding hydrogens is 372 g/mol. The van der Waals surface area contributed by atoms with Gasteiger partial charge in [0.1, 0.15) is 11.3 Å². The summed E-state index contributed by atoms with van der Waals surface area (Å²) in [5, 5.41) is 12.8. The third kappa shape index (κ3) is 3.82. The Hall–Kier alpha value is -3.32. The van der Waals surface area contributed by atoms with Crippen molar-refractivity contribution in [2.75, 3.05) is 7.11 Å². The van der Waals surface area contributed by atoms with Crippen LogP contribution in [0.2, 0.25) is 0 Å². The Bertz CT molecular complexity index is 1070. The predicted octanol–water partition coefficient (Wildman–Crippen LogP) is 3.30. The van der Waals surface area contributed by atoms with E-state index in [1.165, 1.54) is 0 Å². The molecule has 2 aromatic carbocycles. The highest BCUT2D eigenvalue weighted by Gasteiger charge is 2.23. The van der Waals surface area contributed by atoms with Gasteiger partial charge in [0.15, 0.2) is 0 Å². The van der Waals surface area contributed by atoms with Gasteiger partial charge in [0.2, 0.25) is 5.91 Å². The maximum absolute atomic E-state index is 12.7. The summed E-state index contributed by atoms with van der Waals surface area (Å²) in [5.41, 5.74) is 5.60. The number of nitrogens with one attached hydrogen (secondary N) is 2. The van der Waals surface area contributed by atoms with E-state index in [4.69, 9.17) is 14.4 Å². The summed E-state index contributed by atoms with van der Waals surface area (Å²) in [6.45, 7) is 0. The predicted molar refractivity (Wildman–Crippen MR) is 106 cm³/mol. The number of rotatable bonds is 5. The fourth-order valence-corrected chi connectivity index (χ4v) is 3.92. The van der Waals surface area contributed by atoms with Crippen molar-refractivity contribution in [2.45, 2.75) is 31.7 Å². The van der Waals surface area contributed by atoms with Gasteiger partial charge in [0.25, 0.3) is 5.91 Å². The fourth-order valence-electron chi connectivity index (χ4n) is 3.92. The molecule has 0 aliphatic heterocycles. The molecule has 1 unspecified atom stereocenters. The second kappa shape index (κ2) is 7.97. The average Bonchev–Trinajstić information content (AvgIpc) is 3.14. The minimum Gasteiger partial charge on any atom is -0.497 e. The number of carbonyl (C=O) groups excluding carboxylic acids is 2. The third-order valence-corrected chi connectivity index (χ3v) is 5.37. The molecule has 1 aliphatic rings. The van der Waals surface area contributed by atoms with Gasteiger partial charge in [-0.2, -0.15) is 0 Å². The molecule has 0 bridgehead atoms. The summed E-state index contributed by atoms with van der Waals surface area (Å²) in [6.07, 6.45) is 4.42. The average molecular weight is 394 g/mol. The van der Waals surface area contributed by atoms with Crippen LogP contribution in [0.25, 0.3) is 11.0 Å². The smallest absolute Gasteiger partial charge is 0.274 e. The van der Waals surface area contributed by atoms with Gasteiger partial charge in [-0.3, -0.25) is 14.8 Å². The lowest BCUT2D eigenvalue weighted by Gasteiger charge is -2.27. The van der Waals surface area contributed by atoms with E-state index in [-0.39, 0.29) is 18.4 Å². The first-order chi connectivity index (χ1) is 14.1. The standard InChI is InChI=1S/C22H22N2O5/c1-28-16-6-8-18-15(12-29-20(18)11-16)10-21(25)23-19-4-2-3-13-9-14(22(26)24-27)5-7-17(13)19/h5-9,11-12,19,27H,2-4,10H2,1H3,(H,23,25)(H,24,26). The normalized spacial score (nSPS) is 15.6. The lowest BCUT2D eigenvalue weighted by atomic mass is 9.86. The maximum Gasteiger partial charge on any atom is 0.274 e. The van der Waals surface area contributed by atoms with Crippen molar-refractivity contribution in [1.82, 2.24) is 10.8 Å². The summed E-state index contributed by atoms with van der Waals surface area (Å²) in [4.78, 5) is 24.3. The Labute approximate surface area is 167 Å².